The molecule has 0 fully saturated rings. The Bertz CT molecular complexity index is 2690. The Morgan fingerprint density at radius 1 is 0.667 bits per heavy atom. The van der Waals surface area contributed by atoms with Gasteiger partial charge in [0.15, 0.2) is 0 Å². The van der Waals surface area contributed by atoms with E-state index in [0.717, 1.165) is 72.2 Å². The second-order valence-electron chi connectivity index (χ2n) is 14.5. The predicted octanol–water partition coefficient (Wildman–Crippen LogP) is 12.7. The first-order valence-corrected chi connectivity index (χ1v) is 18.3. The molecule has 5 nitrogen and oxygen atoms in total. The van der Waals surface area contributed by atoms with E-state index >= 15 is 0 Å². The first-order valence-electron chi connectivity index (χ1n) is 18.3. The molecule has 0 spiro atoms. The molecule has 0 aliphatic heterocycles. The van der Waals surface area contributed by atoms with Crippen molar-refractivity contribution in [2.45, 2.75) is 60.3 Å². The largest absolute Gasteiger partial charge is 0.501 e. The summed E-state index contributed by atoms with van der Waals surface area (Å²) in [5.41, 5.74) is 14.6. The fraction of sp³-hybridized carbons (Fsp3) is 0.188. The second-order valence-corrected chi connectivity index (χ2v) is 14.5. The molecule has 0 atom stereocenters. The molecule has 9 rings (SSSR count). The Kier molecular flexibility index (Phi) is 10.3. The third-order valence-electron chi connectivity index (χ3n) is 9.95. The molecule has 0 saturated heterocycles. The number of fused-ring (bicyclic) bond motifs is 6. The maximum atomic E-state index is 6.50. The van der Waals surface area contributed by atoms with Crippen molar-refractivity contribution in [1.29, 1.82) is 0 Å². The molecule has 1 radical (unpaired) electrons. The SMILES string of the molecule is Cc1c[c-]c(-c2ccc(C)cn2)cc1.Cc1nc2ccccc2c2nc(-c3[c-]ccc4c3oc3ccccc34)n(-c3c(C(C)C)cccc3C(C)C)c12.[Ir]. The summed E-state index contributed by atoms with van der Waals surface area (Å²) < 4.78 is 8.84. The van der Waals surface area contributed by atoms with Crippen LogP contribution in [-0.4, -0.2) is 19.5 Å². The number of benzene rings is 5. The zero-order valence-corrected chi connectivity index (χ0v) is 34.0. The summed E-state index contributed by atoms with van der Waals surface area (Å²) in [6.07, 6.45) is 1.88. The quantitative estimate of drug-likeness (QED) is 0.162. The summed E-state index contributed by atoms with van der Waals surface area (Å²) in [6.45, 7) is 15.2. The van der Waals surface area contributed by atoms with Crippen molar-refractivity contribution < 1.29 is 24.5 Å². The average Bonchev–Trinajstić information content (AvgIpc) is 3.75. The van der Waals surface area contributed by atoms with Crippen LogP contribution in [0.5, 0.6) is 0 Å². The third-order valence-corrected chi connectivity index (χ3v) is 9.95. The van der Waals surface area contributed by atoms with Gasteiger partial charge in [-0.2, -0.15) is 0 Å². The van der Waals surface area contributed by atoms with E-state index in [-0.39, 0.29) is 20.1 Å². The van der Waals surface area contributed by atoms with Crippen LogP contribution in [0.4, 0.5) is 0 Å². The molecule has 0 N–H and O–H groups in total. The summed E-state index contributed by atoms with van der Waals surface area (Å²) >= 11 is 0. The molecule has 54 heavy (non-hydrogen) atoms. The predicted molar refractivity (Wildman–Crippen MR) is 219 cm³/mol. The average molecular weight is 883 g/mol. The number of rotatable bonds is 5. The minimum Gasteiger partial charge on any atom is -0.501 e. The van der Waals surface area contributed by atoms with Gasteiger partial charge in [-0.1, -0.05) is 112 Å². The maximum absolute atomic E-state index is 6.50. The van der Waals surface area contributed by atoms with Crippen LogP contribution >= 0.6 is 0 Å². The topological polar surface area (TPSA) is 56.7 Å². The van der Waals surface area contributed by atoms with Crippen LogP contribution in [0.15, 0.2) is 120 Å². The standard InChI is InChI=1S/C35H30N3O.C13H12N.Ir/c1-20(2)23-14-10-15-24(21(3)4)33(23)38-32-22(5)36-29-18-8-6-13-27(29)31(32)37-35(38)28-17-11-16-26-25-12-7-9-19-30(25)39-34(26)28;1-10-3-6-12(7-4-10)13-8-5-11(2)9-14-13;/h6-16,18-21H,1-5H3;3-6,8-9H,1-2H3;/q2*-1;. The van der Waals surface area contributed by atoms with Crippen LogP contribution in [0.3, 0.4) is 0 Å². The van der Waals surface area contributed by atoms with Crippen molar-refractivity contribution in [2.75, 3.05) is 0 Å². The van der Waals surface area contributed by atoms with Gasteiger partial charge in [0.2, 0.25) is 0 Å². The van der Waals surface area contributed by atoms with Crippen LogP contribution in [0.2, 0.25) is 0 Å². The van der Waals surface area contributed by atoms with Gasteiger partial charge in [-0.25, -0.2) is 0 Å². The number of nitrogens with zero attached hydrogens (tertiary/aromatic N) is 4. The molecule has 6 heteroatoms. The van der Waals surface area contributed by atoms with E-state index in [0.29, 0.717) is 11.8 Å². The number of aromatic nitrogens is 4. The van der Waals surface area contributed by atoms with Crippen LogP contribution in [0, 0.1) is 32.9 Å². The molecule has 5 aromatic carbocycles. The minimum absolute atomic E-state index is 0. The summed E-state index contributed by atoms with van der Waals surface area (Å²) in [5, 5.41) is 3.21. The van der Waals surface area contributed by atoms with E-state index in [9.17, 15) is 0 Å². The Hall–Kier alpha value is -5.42. The molecule has 0 aliphatic rings. The van der Waals surface area contributed by atoms with Crippen molar-refractivity contribution in [3.05, 3.63) is 155 Å². The molecular weight excluding hydrogens is 841 g/mol. The van der Waals surface area contributed by atoms with Gasteiger partial charge in [-0.3, -0.25) is 9.97 Å². The third kappa shape index (κ3) is 6.66. The molecule has 0 unspecified atom stereocenters. The Labute approximate surface area is 330 Å². The van der Waals surface area contributed by atoms with Crippen molar-refractivity contribution in [3.8, 4) is 28.3 Å². The zero-order chi connectivity index (χ0) is 36.8. The van der Waals surface area contributed by atoms with Crippen LogP contribution < -0.4 is 0 Å². The number of hydrogen-bond acceptors (Lipinski definition) is 4. The second kappa shape index (κ2) is 15.1. The molecule has 0 amide bonds. The van der Waals surface area contributed by atoms with Gasteiger partial charge >= 0.3 is 0 Å². The van der Waals surface area contributed by atoms with E-state index in [4.69, 9.17) is 14.4 Å². The van der Waals surface area contributed by atoms with Crippen molar-refractivity contribution in [1.82, 2.24) is 19.5 Å². The first kappa shape index (κ1) is 36.9. The number of hydrogen-bond donors (Lipinski definition) is 0. The molecule has 0 saturated carbocycles. The van der Waals surface area contributed by atoms with Gasteiger partial charge in [-0.05, 0) is 60.2 Å². The molecule has 271 valence electrons. The monoisotopic (exact) mass is 883 g/mol. The van der Waals surface area contributed by atoms with Crippen LogP contribution in [-0.2, 0) is 20.1 Å². The van der Waals surface area contributed by atoms with Gasteiger partial charge in [0.1, 0.15) is 5.58 Å². The number of aryl methyl sites for hydroxylation is 3. The Balaban J connectivity index is 0.000000253. The number of furan rings is 1. The summed E-state index contributed by atoms with van der Waals surface area (Å²) in [7, 11) is 0. The van der Waals surface area contributed by atoms with E-state index in [1.165, 1.54) is 27.9 Å². The van der Waals surface area contributed by atoms with Gasteiger partial charge in [0, 0.05) is 42.8 Å². The van der Waals surface area contributed by atoms with Gasteiger partial charge in [0.05, 0.1) is 33.7 Å². The fourth-order valence-electron chi connectivity index (χ4n) is 7.25. The van der Waals surface area contributed by atoms with Crippen molar-refractivity contribution in [3.63, 3.8) is 0 Å². The smallest absolute Gasteiger partial charge is 0.120 e. The molecule has 4 heterocycles. The Morgan fingerprint density at radius 3 is 2.06 bits per heavy atom. The van der Waals surface area contributed by atoms with E-state index in [1.54, 1.807) is 0 Å². The molecule has 4 aromatic heterocycles. The number of para-hydroxylation sites is 3. The minimum atomic E-state index is 0. The molecule has 9 aromatic rings. The molecule has 0 bridgehead atoms. The zero-order valence-electron chi connectivity index (χ0n) is 31.7. The fourth-order valence-corrected chi connectivity index (χ4v) is 7.25. The van der Waals surface area contributed by atoms with Crippen molar-refractivity contribution >= 4 is 43.9 Å². The van der Waals surface area contributed by atoms with E-state index < -0.39 is 0 Å². The molecular formula is C48H42IrN4O-2. The van der Waals surface area contributed by atoms with Gasteiger partial charge in [-0.15, -0.1) is 53.6 Å². The summed E-state index contributed by atoms with van der Waals surface area (Å²) in [4.78, 5) is 14.8. The van der Waals surface area contributed by atoms with Crippen LogP contribution in [0.1, 0.15) is 67.5 Å². The first-order chi connectivity index (χ1) is 25.7. The van der Waals surface area contributed by atoms with E-state index in [2.05, 4.69) is 130 Å². The van der Waals surface area contributed by atoms with Gasteiger partial charge in [0.25, 0.3) is 0 Å². The summed E-state index contributed by atoms with van der Waals surface area (Å²) in [5.74, 6) is 1.47. The van der Waals surface area contributed by atoms with Gasteiger partial charge < -0.3 is 14.0 Å². The normalized spacial score (nSPS) is 11.4. The number of pyridine rings is 2. The van der Waals surface area contributed by atoms with E-state index in [1.807, 2.05) is 55.6 Å². The van der Waals surface area contributed by atoms with Crippen LogP contribution in [0.25, 0.3) is 72.2 Å². The number of imidazole rings is 1. The maximum Gasteiger partial charge on any atom is 0.120 e. The Morgan fingerprint density at radius 2 is 1.37 bits per heavy atom. The summed E-state index contributed by atoms with van der Waals surface area (Å²) in [6, 6.07) is 44.2. The molecule has 0 aliphatic carbocycles. The van der Waals surface area contributed by atoms with Crippen molar-refractivity contribution in [2.24, 2.45) is 0 Å².